The standard InChI is InChI=1S/C15H18N2O3S/c1-3-19-14-11(18-2)5-4-6-12(14)20-9-13-16-17-15(21-13)10-7-8-10/h4-6,10H,3,7-9H2,1-2H3. The fraction of sp³-hybridized carbons (Fsp3) is 0.467. The molecule has 1 aliphatic rings. The Morgan fingerprint density at radius 3 is 2.71 bits per heavy atom. The van der Waals surface area contributed by atoms with Crippen LogP contribution in [0.1, 0.15) is 35.7 Å². The molecular weight excluding hydrogens is 288 g/mol. The first kappa shape index (κ1) is 14.1. The summed E-state index contributed by atoms with van der Waals surface area (Å²) in [7, 11) is 1.62. The minimum atomic E-state index is 0.400. The highest BCUT2D eigenvalue weighted by atomic mass is 32.1. The van der Waals surface area contributed by atoms with Gasteiger partial charge in [-0.15, -0.1) is 10.2 Å². The van der Waals surface area contributed by atoms with Crippen molar-refractivity contribution < 1.29 is 14.2 Å². The third-order valence-electron chi connectivity index (χ3n) is 3.21. The summed E-state index contributed by atoms with van der Waals surface area (Å²) in [5.74, 6) is 2.60. The van der Waals surface area contributed by atoms with E-state index in [4.69, 9.17) is 14.2 Å². The van der Waals surface area contributed by atoms with Crippen LogP contribution >= 0.6 is 11.3 Å². The Labute approximate surface area is 127 Å². The zero-order chi connectivity index (χ0) is 14.7. The maximum Gasteiger partial charge on any atom is 0.203 e. The molecule has 0 atom stereocenters. The van der Waals surface area contributed by atoms with Crippen LogP contribution in [0.15, 0.2) is 18.2 Å². The van der Waals surface area contributed by atoms with Gasteiger partial charge in [0.1, 0.15) is 11.6 Å². The summed E-state index contributed by atoms with van der Waals surface area (Å²) in [4.78, 5) is 0. The van der Waals surface area contributed by atoms with E-state index in [0.29, 0.717) is 36.4 Å². The normalized spacial score (nSPS) is 14.0. The molecule has 1 aliphatic carbocycles. The molecule has 0 spiro atoms. The molecule has 1 heterocycles. The molecule has 0 radical (unpaired) electrons. The van der Waals surface area contributed by atoms with Gasteiger partial charge in [0, 0.05) is 5.92 Å². The minimum absolute atomic E-state index is 0.400. The Morgan fingerprint density at radius 1 is 1.19 bits per heavy atom. The third-order valence-corrected chi connectivity index (χ3v) is 4.27. The lowest BCUT2D eigenvalue weighted by molar-refractivity contribution is 0.257. The van der Waals surface area contributed by atoms with E-state index in [1.807, 2.05) is 25.1 Å². The van der Waals surface area contributed by atoms with Crippen LogP contribution in [-0.4, -0.2) is 23.9 Å². The molecule has 2 aromatic rings. The fourth-order valence-corrected chi connectivity index (χ4v) is 2.94. The number of hydrogen-bond donors (Lipinski definition) is 0. The summed E-state index contributed by atoms with van der Waals surface area (Å²) < 4.78 is 16.8. The van der Waals surface area contributed by atoms with Crippen LogP contribution < -0.4 is 14.2 Å². The van der Waals surface area contributed by atoms with Gasteiger partial charge in [-0.1, -0.05) is 17.4 Å². The van der Waals surface area contributed by atoms with Gasteiger partial charge >= 0.3 is 0 Å². The van der Waals surface area contributed by atoms with Gasteiger partial charge in [-0.3, -0.25) is 0 Å². The smallest absolute Gasteiger partial charge is 0.203 e. The number of para-hydroxylation sites is 1. The van der Waals surface area contributed by atoms with Crippen molar-refractivity contribution in [3.05, 3.63) is 28.2 Å². The van der Waals surface area contributed by atoms with Crippen LogP contribution in [0.5, 0.6) is 17.2 Å². The first-order valence-corrected chi connectivity index (χ1v) is 7.88. The van der Waals surface area contributed by atoms with Crippen molar-refractivity contribution in [1.82, 2.24) is 10.2 Å². The summed E-state index contributed by atoms with van der Waals surface area (Å²) in [6.45, 7) is 2.89. The van der Waals surface area contributed by atoms with Crippen LogP contribution in [0, 0.1) is 0 Å². The monoisotopic (exact) mass is 306 g/mol. The number of nitrogens with zero attached hydrogens (tertiary/aromatic N) is 2. The second kappa shape index (κ2) is 6.30. The predicted octanol–water partition coefficient (Wildman–Crippen LogP) is 3.40. The lowest BCUT2D eigenvalue weighted by Gasteiger charge is -2.13. The van der Waals surface area contributed by atoms with Gasteiger partial charge in [0.15, 0.2) is 16.5 Å². The summed E-state index contributed by atoms with van der Waals surface area (Å²) in [5.41, 5.74) is 0. The minimum Gasteiger partial charge on any atom is -0.493 e. The second-order valence-electron chi connectivity index (χ2n) is 4.82. The molecule has 0 N–H and O–H groups in total. The third kappa shape index (κ3) is 3.26. The first-order chi connectivity index (χ1) is 10.3. The zero-order valence-corrected chi connectivity index (χ0v) is 13.0. The molecule has 6 heteroatoms. The van der Waals surface area contributed by atoms with E-state index in [0.717, 1.165) is 10.0 Å². The summed E-state index contributed by atoms with van der Waals surface area (Å²) in [6, 6.07) is 5.61. The highest BCUT2D eigenvalue weighted by Gasteiger charge is 2.27. The molecule has 0 bridgehead atoms. The highest BCUT2D eigenvalue weighted by Crippen LogP contribution is 2.41. The molecule has 0 amide bonds. The van der Waals surface area contributed by atoms with E-state index >= 15 is 0 Å². The predicted molar refractivity (Wildman–Crippen MR) is 80.4 cm³/mol. The van der Waals surface area contributed by atoms with Gasteiger partial charge in [0.2, 0.25) is 5.75 Å². The van der Waals surface area contributed by atoms with Gasteiger partial charge < -0.3 is 14.2 Å². The summed E-state index contributed by atoms with van der Waals surface area (Å²) in [6.07, 6.45) is 2.47. The summed E-state index contributed by atoms with van der Waals surface area (Å²) >= 11 is 1.63. The van der Waals surface area contributed by atoms with Gasteiger partial charge in [0.25, 0.3) is 0 Å². The number of ether oxygens (including phenoxy) is 3. The SMILES string of the molecule is CCOc1c(OC)cccc1OCc1nnc(C2CC2)s1. The zero-order valence-electron chi connectivity index (χ0n) is 12.2. The lowest BCUT2D eigenvalue weighted by Crippen LogP contribution is -2.01. The first-order valence-electron chi connectivity index (χ1n) is 7.06. The van der Waals surface area contributed by atoms with Crippen molar-refractivity contribution in [2.75, 3.05) is 13.7 Å². The van der Waals surface area contributed by atoms with Crippen molar-refractivity contribution in [2.45, 2.75) is 32.3 Å². The van der Waals surface area contributed by atoms with Crippen molar-refractivity contribution >= 4 is 11.3 Å². The number of hydrogen-bond acceptors (Lipinski definition) is 6. The van der Waals surface area contributed by atoms with Gasteiger partial charge in [0.05, 0.1) is 13.7 Å². The van der Waals surface area contributed by atoms with Crippen LogP contribution in [0.2, 0.25) is 0 Å². The molecule has 0 saturated heterocycles. The average Bonchev–Trinajstić information content (AvgIpc) is 3.25. The summed E-state index contributed by atoms with van der Waals surface area (Å²) in [5, 5.41) is 10.4. The topological polar surface area (TPSA) is 53.5 Å². The Kier molecular flexibility index (Phi) is 4.24. The van der Waals surface area contributed by atoms with Gasteiger partial charge in [-0.2, -0.15) is 0 Å². The quantitative estimate of drug-likeness (QED) is 0.784. The molecule has 112 valence electrons. The molecule has 1 aromatic heterocycles. The van der Waals surface area contributed by atoms with Crippen molar-refractivity contribution in [1.29, 1.82) is 0 Å². The van der Waals surface area contributed by atoms with Crippen molar-refractivity contribution in [3.63, 3.8) is 0 Å². The molecule has 0 aliphatic heterocycles. The Morgan fingerprint density at radius 2 is 2.00 bits per heavy atom. The Balaban J connectivity index is 1.71. The molecule has 1 fully saturated rings. The average molecular weight is 306 g/mol. The molecular formula is C15H18N2O3S. The van der Waals surface area contributed by atoms with E-state index < -0.39 is 0 Å². The van der Waals surface area contributed by atoms with Crippen LogP contribution in [0.25, 0.3) is 0 Å². The molecule has 1 saturated carbocycles. The van der Waals surface area contributed by atoms with Crippen LogP contribution in [-0.2, 0) is 6.61 Å². The van der Waals surface area contributed by atoms with Crippen LogP contribution in [0.4, 0.5) is 0 Å². The molecule has 1 aromatic carbocycles. The van der Waals surface area contributed by atoms with E-state index in [2.05, 4.69) is 10.2 Å². The largest absolute Gasteiger partial charge is 0.493 e. The molecule has 5 nitrogen and oxygen atoms in total. The van der Waals surface area contributed by atoms with E-state index in [-0.39, 0.29) is 0 Å². The van der Waals surface area contributed by atoms with Crippen molar-refractivity contribution in [3.8, 4) is 17.2 Å². The maximum absolute atomic E-state index is 5.83. The van der Waals surface area contributed by atoms with Gasteiger partial charge in [-0.25, -0.2) is 0 Å². The number of aromatic nitrogens is 2. The van der Waals surface area contributed by atoms with Crippen LogP contribution in [0.3, 0.4) is 0 Å². The fourth-order valence-electron chi connectivity index (χ4n) is 2.02. The molecule has 3 rings (SSSR count). The Bertz CT molecular complexity index is 611. The number of benzene rings is 1. The molecule has 21 heavy (non-hydrogen) atoms. The van der Waals surface area contributed by atoms with E-state index in [1.54, 1.807) is 18.4 Å². The highest BCUT2D eigenvalue weighted by molar-refractivity contribution is 7.11. The second-order valence-corrected chi connectivity index (χ2v) is 5.91. The van der Waals surface area contributed by atoms with E-state index in [9.17, 15) is 0 Å². The molecule has 0 unspecified atom stereocenters. The maximum atomic E-state index is 5.83. The Hall–Kier alpha value is -1.82. The van der Waals surface area contributed by atoms with Crippen molar-refractivity contribution in [2.24, 2.45) is 0 Å². The number of methoxy groups -OCH3 is 1. The van der Waals surface area contributed by atoms with Gasteiger partial charge in [-0.05, 0) is 31.9 Å². The lowest BCUT2D eigenvalue weighted by atomic mass is 10.3. The number of rotatable bonds is 7. The van der Waals surface area contributed by atoms with E-state index in [1.165, 1.54) is 12.8 Å².